The molecule has 0 aromatic heterocycles. The van der Waals surface area contributed by atoms with Gasteiger partial charge in [0.05, 0.1) is 32.3 Å². The van der Waals surface area contributed by atoms with Crippen LogP contribution >= 0.6 is 0 Å². The molecular formula is C32H32N2O7S. The number of sulfonamides is 1. The minimum absolute atomic E-state index is 0.0739. The lowest BCUT2D eigenvalue weighted by molar-refractivity contribution is -0.146. The maximum Gasteiger partial charge on any atom is 0.335 e. The quantitative estimate of drug-likeness (QED) is 0.246. The van der Waals surface area contributed by atoms with Crippen LogP contribution in [-0.4, -0.2) is 57.0 Å². The summed E-state index contributed by atoms with van der Waals surface area (Å²) in [5, 5.41) is 1.83. The first kappa shape index (κ1) is 28.9. The molecule has 1 fully saturated rings. The summed E-state index contributed by atoms with van der Waals surface area (Å²) < 4.78 is 45.4. The topological polar surface area (TPSA) is 102 Å². The highest BCUT2D eigenvalue weighted by molar-refractivity contribution is 7.89. The fraction of sp³-hybridized carbons (Fsp3) is 0.250. The third kappa shape index (κ3) is 4.81. The predicted molar refractivity (Wildman–Crippen MR) is 158 cm³/mol. The molecule has 1 aliphatic heterocycles. The SMILES string of the molecule is COC(=O)C1C(c2ccc(OC)c(OC)c2)N(S(=O)(=O)c2ccc(C)cc2)C(=O)N1C(C)c1cccc2ccccc12. The molecule has 0 aliphatic carbocycles. The molecule has 0 saturated carbocycles. The number of hydrogen-bond acceptors (Lipinski definition) is 7. The number of nitrogens with zero attached hydrogens (tertiary/aromatic N) is 2. The fourth-order valence-corrected chi connectivity index (χ4v) is 7.14. The van der Waals surface area contributed by atoms with Gasteiger partial charge in [-0.15, -0.1) is 0 Å². The number of ether oxygens (including phenoxy) is 3. The molecule has 0 N–H and O–H groups in total. The molecule has 1 heterocycles. The maximum absolute atomic E-state index is 14.4. The van der Waals surface area contributed by atoms with Gasteiger partial charge < -0.3 is 19.1 Å². The van der Waals surface area contributed by atoms with Crippen LogP contribution in [-0.2, 0) is 19.6 Å². The highest BCUT2D eigenvalue weighted by atomic mass is 32.2. The van der Waals surface area contributed by atoms with Crippen molar-refractivity contribution in [2.45, 2.75) is 36.9 Å². The Morgan fingerprint density at radius 1 is 0.857 bits per heavy atom. The number of aryl methyl sites for hydroxylation is 1. The Bertz CT molecular complexity index is 1750. The third-order valence-corrected chi connectivity index (χ3v) is 9.49. The van der Waals surface area contributed by atoms with Crippen molar-refractivity contribution < 1.29 is 32.2 Å². The predicted octanol–water partition coefficient (Wildman–Crippen LogP) is 5.64. The van der Waals surface area contributed by atoms with Crippen LogP contribution in [0.15, 0.2) is 89.8 Å². The van der Waals surface area contributed by atoms with Crippen LogP contribution in [0, 0.1) is 6.92 Å². The van der Waals surface area contributed by atoms with Crippen LogP contribution in [0.3, 0.4) is 0 Å². The molecule has 0 spiro atoms. The molecule has 0 radical (unpaired) electrons. The Morgan fingerprint density at radius 3 is 2.19 bits per heavy atom. The van der Waals surface area contributed by atoms with Crippen molar-refractivity contribution >= 4 is 32.8 Å². The third-order valence-electron chi connectivity index (χ3n) is 7.72. The van der Waals surface area contributed by atoms with Gasteiger partial charge >= 0.3 is 12.0 Å². The monoisotopic (exact) mass is 588 g/mol. The van der Waals surface area contributed by atoms with Crippen molar-refractivity contribution in [1.82, 2.24) is 9.21 Å². The number of fused-ring (bicyclic) bond motifs is 1. The van der Waals surface area contributed by atoms with Gasteiger partial charge in [0.25, 0.3) is 10.0 Å². The zero-order valence-corrected chi connectivity index (χ0v) is 24.8. The average Bonchev–Trinajstić information content (AvgIpc) is 3.33. The molecule has 5 rings (SSSR count). The number of rotatable bonds is 8. The summed E-state index contributed by atoms with van der Waals surface area (Å²) >= 11 is 0. The fourth-order valence-electron chi connectivity index (χ4n) is 5.60. The van der Waals surface area contributed by atoms with E-state index in [0.29, 0.717) is 17.1 Å². The first-order valence-electron chi connectivity index (χ1n) is 13.3. The second-order valence-corrected chi connectivity index (χ2v) is 11.9. The molecule has 9 nitrogen and oxygen atoms in total. The number of amides is 2. The van der Waals surface area contributed by atoms with Gasteiger partial charge in [-0.2, -0.15) is 0 Å². The van der Waals surface area contributed by atoms with Gasteiger partial charge in [0.1, 0.15) is 6.04 Å². The second kappa shape index (κ2) is 11.4. The molecule has 10 heteroatoms. The summed E-state index contributed by atoms with van der Waals surface area (Å²) in [5.41, 5.74) is 1.98. The highest BCUT2D eigenvalue weighted by Crippen LogP contribution is 2.46. The Labute approximate surface area is 245 Å². The average molecular weight is 589 g/mol. The van der Waals surface area contributed by atoms with Crippen LogP contribution in [0.4, 0.5) is 4.79 Å². The number of carbonyl (C=O) groups is 2. The van der Waals surface area contributed by atoms with Gasteiger partial charge in [0.2, 0.25) is 0 Å². The number of hydrogen-bond donors (Lipinski definition) is 0. The van der Waals surface area contributed by atoms with E-state index in [-0.39, 0.29) is 4.90 Å². The summed E-state index contributed by atoms with van der Waals surface area (Å²) in [7, 11) is -0.287. The van der Waals surface area contributed by atoms with Gasteiger partial charge in [-0.05, 0) is 60.0 Å². The molecule has 1 saturated heterocycles. The molecule has 0 bridgehead atoms. The van der Waals surface area contributed by atoms with E-state index in [1.807, 2.05) is 49.4 Å². The molecule has 2 amide bonds. The Kier molecular flexibility index (Phi) is 7.83. The van der Waals surface area contributed by atoms with E-state index in [1.54, 1.807) is 37.3 Å². The Balaban J connectivity index is 1.75. The van der Waals surface area contributed by atoms with E-state index in [9.17, 15) is 18.0 Å². The molecule has 218 valence electrons. The summed E-state index contributed by atoms with van der Waals surface area (Å²) in [6.45, 7) is 3.62. The molecule has 4 aromatic rings. The van der Waals surface area contributed by atoms with Crippen LogP contribution in [0.25, 0.3) is 10.8 Å². The number of methoxy groups -OCH3 is 3. The van der Waals surface area contributed by atoms with E-state index in [2.05, 4.69) is 0 Å². The van der Waals surface area contributed by atoms with Crippen molar-refractivity contribution in [3.63, 3.8) is 0 Å². The second-order valence-electron chi connectivity index (χ2n) is 10.1. The summed E-state index contributed by atoms with van der Waals surface area (Å²) in [6.07, 6.45) is 0. The van der Waals surface area contributed by atoms with Crippen molar-refractivity contribution in [1.29, 1.82) is 0 Å². The van der Waals surface area contributed by atoms with Gasteiger partial charge in [-0.25, -0.2) is 22.3 Å². The van der Waals surface area contributed by atoms with E-state index >= 15 is 0 Å². The van der Waals surface area contributed by atoms with E-state index in [1.165, 1.54) is 38.4 Å². The number of carbonyl (C=O) groups excluding carboxylic acids is 2. The first-order valence-corrected chi connectivity index (χ1v) is 14.8. The van der Waals surface area contributed by atoms with Gasteiger partial charge in [-0.1, -0.05) is 66.2 Å². The molecule has 3 unspecified atom stereocenters. The van der Waals surface area contributed by atoms with Crippen LogP contribution < -0.4 is 9.47 Å². The minimum atomic E-state index is -4.44. The molecule has 3 atom stereocenters. The van der Waals surface area contributed by atoms with E-state index in [4.69, 9.17) is 14.2 Å². The zero-order valence-electron chi connectivity index (χ0n) is 24.0. The maximum atomic E-state index is 14.4. The molecule has 4 aromatic carbocycles. The summed E-state index contributed by atoms with van der Waals surface area (Å²) in [4.78, 5) is 29.3. The normalized spacial score (nSPS) is 17.8. The summed E-state index contributed by atoms with van der Waals surface area (Å²) in [6, 6.07) is 20.3. The lowest BCUT2D eigenvalue weighted by atomic mass is 9.95. The zero-order chi connectivity index (χ0) is 30.2. The Hall–Kier alpha value is -4.57. The largest absolute Gasteiger partial charge is 0.493 e. The van der Waals surface area contributed by atoms with Crippen molar-refractivity contribution in [3.05, 3.63) is 102 Å². The molecule has 42 heavy (non-hydrogen) atoms. The lowest BCUT2D eigenvalue weighted by Gasteiger charge is -2.30. The summed E-state index contributed by atoms with van der Waals surface area (Å²) in [5.74, 6) is -0.0229. The number of esters is 1. The van der Waals surface area contributed by atoms with Gasteiger partial charge in [-0.3, -0.25) is 0 Å². The minimum Gasteiger partial charge on any atom is -0.493 e. The Morgan fingerprint density at radius 2 is 1.52 bits per heavy atom. The van der Waals surface area contributed by atoms with E-state index in [0.717, 1.165) is 26.2 Å². The van der Waals surface area contributed by atoms with Crippen molar-refractivity contribution in [2.24, 2.45) is 0 Å². The molecule has 1 aliphatic rings. The standard InChI is InChI=1S/C32H32N2O7S/c1-20-13-16-24(17-14-20)42(37,38)34-29(23-15-18-27(39-3)28(19-23)40-4)30(31(35)41-5)33(32(34)36)21(2)25-12-8-10-22-9-6-7-11-26(22)25/h6-19,21,29-30H,1-5H3. The van der Waals surface area contributed by atoms with Crippen molar-refractivity contribution in [3.8, 4) is 11.5 Å². The van der Waals surface area contributed by atoms with Crippen LogP contribution in [0.5, 0.6) is 11.5 Å². The molecular weight excluding hydrogens is 556 g/mol. The van der Waals surface area contributed by atoms with Crippen LogP contribution in [0.2, 0.25) is 0 Å². The highest BCUT2D eigenvalue weighted by Gasteiger charge is 2.57. The van der Waals surface area contributed by atoms with E-state index < -0.39 is 40.1 Å². The lowest BCUT2D eigenvalue weighted by Crippen LogP contribution is -2.42. The first-order chi connectivity index (χ1) is 20.1. The van der Waals surface area contributed by atoms with Gasteiger partial charge in [0.15, 0.2) is 17.5 Å². The smallest absolute Gasteiger partial charge is 0.335 e. The van der Waals surface area contributed by atoms with Crippen molar-refractivity contribution in [2.75, 3.05) is 21.3 Å². The van der Waals surface area contributed by atoms with Gasteiger partial charge in [0, 0.05) is 0 Å². The van der Waals surface area contributed by atoms with Crippen LogP contribution in [0.1, 0.15) is 35.7 Å². The number of urea groups is 1. The number of benzene rings is 4.